The molecular weight excluding hydrogens is 366 g/mol. The van der Waals surface area contributed by atoms with Gasteiger partial charge in [-0.3, -0.25) is 19.4 Å². The van der Waals surface area contributed by atoms with E-state index in [-0.39, 0.29) is 18.4 Å². The highest BCUT2D eigenvalue weighted by Crippen LogP contribution is 2.27. The molecular formula is C20H24ClN3O3. The predicted molar refractivity (Wildman–Crippen MR) is 105 cm³/mol. The topological polar surface area (TPSA) is 69.7 Å². The molecule has 1 aromatic carbocycles. The quantitative estimate of drug-likeness (QED) is 0.598. The van der Waals surface area contributed by atoms with Crippen LogP contribution < -0.4 is 10.2 Å². The fraction of sp³-hybridized carbons (Fsp3) is 0.450. The third-order valence-corrected chi connectivity index (χ3v) is 5.26. The molecule has 0 unspecified atom stereocenters. The second-order valence-electron chi connectivity index (χ2n) is 6.94. The number of halogens is 1. The van der Waals surface area contributed by atoms with Crippen molar-refractivity contribution in [3.05, 3.63) is 40.9 Å². The Morgan fingerprint density at radius 1 is 1.22 bits per heavy atom. The number of nitrogens with zero attached hydrogens (tertiary/aromatic N) is 2. The summed E-state index contributed by atoms with van der Waals surface area (Å²) in [5.74, 6) is -0.696. The van der Waals surface area contributed by atoms with Gasteiger partial charge in [-0.1, -0.05) is 23.3 Å². The lowest BCUT2D eigenvalue weighted by Crippen LogP contribution is -2.41. The van der Waals surface area contributed by atoms with Crippen molar-refractivity contribution in [3.63, 3.8) is 0 Å². The van der Waals surface area contributed by atoms with Crippen molar-refractivity contribution in [3.8, 4) is 0 Å². The molecule has 6 nitrogen and oxygen atoms in total. The fourth-order valence-electron chi connectivity index (χ4n) is 3.50. The summed E-state index contributed by atoms with van der Waals surface area (Å²) in [7, 11) is 0. The summed E-state index contributed by atoms with van der Waals surface area (Å²) in [6.07, 6.45) is 7.70. The van der Waals surface area contributed by atoms with Crippen LogP contribution in [0.5, 0.6) is 0 Å². The number of amides is 4. The Bertz CT molecular complexity index is 760. The van der Waals surface area contributed by atoms with Gasteiger partial charge in [0, 0.05) is 17.3 Å². The van der Waals surface area contributed by atoms with Gasteiger partial charge in [0.05, 0.1) is 0 Å². The zero-order chi connectivity index (χ0) is 19.4. The Balaban J connectivity index is 1.56. The SMILES string of the molecule is C[C@H]1C(=O)N(CC(=O)NCCC2=CCCCC2)C(=O)N1c1ccc(Cl)cc1. The van der Waals surface area contributed by atoms with E-state index in [1.807, 2.05) is 0 Å². The molecule has 0 saturated carbocycles. The summed E-state index contributed by atoms with van der Waals surface area (Å²) in [5.41, 5.74) is 1.95. The Morgan fingerprint density at radius 2 is 1.96 bits per heavy atom. The Morgan fingerprint density at radius 3 is 2.63 bits per heavy atom. The first kappa shape index (κ1) is 19.4. The Labute approximate surface area is 164 Å². The van der Waals surface area contributed by atoms with Gasteiger partial charge in [-0.2, -0.15) is 0 Å². The summed E-state index contributed by atoms with van der Waals surface area (Å²) in [6, 6.07) is 5.56. The number of hydrogen-bond acceptors (Lipinski definition) is 3. The van der Waals surface area contributed by atoms with Gasteiger partial charge in [0.15, 0.2) is 0 Å². The molecule has 27 heavy (non-hydrogen) atoms. The zero-order valence-corrected chi connectivity index (χ0v) is 16.2. The highest BCUT2D eigenvalue weighted by molar-refractivity contribution is 6.30. The minimum Gasteiger partial charge on any atom is -0.354 e. The van der Waals surface area contributed by atoms with Gasteiger partial charge in [0.2, 0.25) is 5.91 Å². The van der Waals surface area contributed by atoms with Crippen LogP contribution in [-0.4, -0.2) is 41.9 Å². The molecule has 1 fully saturated rings. The number of carbonyl (C=O) groups excluding carboxylic acids is 3. The average Bonchev–Trinajstić information content (AvgIpc) is 2.87. The van der Waals surface area contributed by atoms with Crippen molar-refractivity contribution in [1.82, 2.24) is 10.2 Å². The molecule has 144 valence electrons. The smallest absolute Gasteiger partial charge is 0.332 e. The van der Waals surface area contributed by atoms with Crippen molar-refractivity contribution in [2.45, 2.75) is 45.1 Å². The Kier molecular flexibility index (Phi) is 6.16. The van der Waals surface area contributed by atoms with Gasteiger partial charge in [-0.15, -0.1) is 0 Å². The van der Waals surface area contributed by atoms with Gasteiger partial charge < -0.3 is 5.32 Å². The number of nitrogens with one attached hydrogen (secondary N) is 1. The van der Waals surface area contributed by atoms with Gasteiger partial charge in [0.25, 0.3) is 5.91 Å². The number of carbonyl (C=O) groups is 3. The monoisotopic (exact) mass is 389 g/mol. The molecule has 1 aliphatic carbocycles. The second-order valence-corrected chi connectivity index (χ2v) is 7.37. The molecule has 1 N–H and O–H groups in total. The first-order chi connectivity index (χ1) is 13.0. The Hall–Kier alpha value is -2.34. The normalized spacial score (nSPS) is 20.1. The number of allylic oxidation sites excluding steroid dienone is 1. The van der Waals surface area contributed by atoms with Crippen molar-refractivity contribution in [1.29, 1.82) is 0 Å². The van der Waals surface area contributed by atoms with Crippen molar-refractivity contribution < 1.29 is 14.4 Å². The van der Waals surface area contributed by atoms with E-state index in [0.717, 1.165) is 24.2 Å². The average molecular weight is 390 g/mol. The molecule has 0 bridgehead atoms. The molecule has 1 aromatic rings. The van der Waals surface area contributed by atoms with Crippen molar-refractivity contribution in [2.24, 2.45) is 0 Å². The second kappa shape index (κ2) is 8.57. The number of hydrogen-bond donors (Lipinski definition) is 1. The molecule has 0 radical (unpaired) electrons. The van der Waals surface area contributed by atoms with Crippen molar-refractivity contribution >= 4 is 35.1 Å². The maximum atomic E-state index is 12.7. The summed E-state index contributed by atoms with van der Waals surface area (Å²) >= 11 is 5.88. The molecule has 1 aliphatic heterocycles. The summed E-state index contributed by atoms with van der Waals surface area (Å²) in [5, 5.41) is 3.36. The number of rotatable bonds is 6. The van der Waals surface area contributed by atoms with E-state index in [1.54, 1.807) is 31.2 Å². The van der Waals surface area contributed by atoms with E-state index in [9.17, 15) is 14.4 Å². The maximum Gasteiger partial charge on any atom is 0.332 e. The fourth-order valence-corrected chi connectivity index (χ4v) is 3.63. The lowest BCUT2D eigenvalue weighted by molar-refractivity contribution is -0.131. The van der Waals surface area contributed by atoms with Crippen LogP contribution in [-0.2, 0) is 9.59 Å². The number of benzene rings is 1. The van der Waals surface area contributed by atoms with Gasteiger partial charge in [-0.25, -0.2) is 4.79 Å². The first-order valence-electron chi connectivity index (χ1n) is 9.32. The highest BCUT2D eigenvalue weighted by Gasteiger charge is 2.43. The summed E-state index contributed by atoms with van der Waals surface area (Å²) in [4.78, 5) is 39.8. The largest absolute Gasteiger partial charge is 0.354 e. The van der Waals surface area contributed by atoms with Crippen LogP contribution >= 0.6 is 11.6 Å². The molecule has 7 heteroatoms. The summed E-state index contributed by atoms with van der Waals surface area (Å²) in [6.45, 7) is 1.92. The summed E-state index contributed by atoms with van der Waals surface area (Å²) < 4.78 is 0. The van der Waals surface area contributed by atoms with E-state index in [0.29, 0.717) is 17.3 Å². The minimum atomic E-state index is -0.654. The van der Waals surface area contributed by atoms with Crippen LogP contribution in [0.15, 0.2) is 35.9 Å². The van der Waals surface area contributed by atoms with Crippen LogP contribution in [0, 0.1) is 0 Å². The third kappa shape index (κ3) is 4.50. The van der Waals surface area contributed by atoms with E-state index in [1.165, 1.54) is 23.3 Å². The van der Waals surface area contributed by atoms with Gasteiger partial charge in [-0.05, 0) is 63.3 Å². The highest BCUT2D eigenvalue weighted by atomic mass is 35.5. The molecule has 0 spiro atoms. The molecule has 1 saturated heterocycles. The lowest BCUT2D eigenvalue weighted by Gasteiger charge is -2.19. The van der Waals surface area contributed by atoms with Crippen LogP contribution in [0.25, 0.3) is 0 Å². The number of urea groups is 1. The van der Waals surface area contributed by atoms with Crippen LogP contribution in [0.2, 0.25) is 5.02 Å². The lowest BCUT2D eigenvalue weighted by atomic mass is 9.97. The molecule has 1 atom stereocenters. The van der Waals surface area contributed by atoms with Crippen LogP contribution in [0.4, 0.5) is 10.5 Å². The van der Waals surface area contributed by atoms with Crippen LogP contribution in [0.1, 0.15) is 39.0 Å². The van der Waals surface area contributed by atoms with Crippen molar-refractivity contribution in [2.75, 3.05) is 18.0 Å². The standard InChI is InChI=1S/C20H24ClN3O3/c1-14-19(26)23(20(27)24(14)17-9-7-16(21)8-10-17)13-18(25)22-12-11-15-5-3-2-4-6-15/h5,7-10,14H,2-4,6,11-13H2,1H3,(H,22,25)/t14-/m0/s1. The van der Waals surface area contributed by atoms with E-state index in [4.69, 9.17) is 11.6 Å². The molecule has 2 aliphatic rings. The molecule has 1 heterocycles. The minimum absolute atomic E-state index is 0.259. The zero-order valence-electron chi connectivity index (χ0n) is 15.4. The van der Waals surface area contributed by atoms with E-state index in [2.05, 4.69) is 11.4 Å². The van der Waals surface area contributed by atoms with E-state index < -0.39 is 12.1 Å². The van der Waals surface area contributed by atoms with Gasteiger partial charge in [0.1, 0.15) is 12.6 Å². The molecule has 0 aromatic heterocycles. The maximum absolute atomic E-state index is 12.7. The number of imide groups is 1. The molecule has 3 rings (SSSR count). The predicted octanol–water partition coefficient (Wildman–Crippen LogP) is 3.50. The number of anilines is 1. The van der Waals surface area contributed by atoms with Crippen LogP contribution in [0.3, 0.4) is 0 Å². The van der Waals surface area contributed by atoms with Gasteiger partial charge >= 0.3 is 6.03 Å². The van der Waals surface area contributed by atoms with E-state index >= 15 is 0 Å². The first-order valence-corrected chi connectivity index (χ1v) is 9.70. The molecule has 4 amide bonds. The third-order valence-electron chi connectivity index (χ3n) is 5.01.